The first kappa shape index (κ1) is 16.5. The Balaban J connectivity index is 2.71. The number of halogens is 1. The van der Waals surface area contributed by atoms with Crippen LogP contribution in [0.1, 0.15) is 32.3 Å². The van der Waals surface area contributed by atoms with Crippen molar-refractivity contribution in [3.63, 3.8) is 0 Å². The Labute approximate surface area is 128 Å². The van der Waals surface area contributed by atoms with Crippen LogP contribution < -0.4 is 10.1 Å². The van der Waals surface area contributed by atoms with Crippen molar-refractivity contribution in [3.8, 4) is 11.8 Å². The van der Waals surface area contributed by atoms with Crippen LogP contribution in [-0.2, 0) is 10.2 Å². The molecular formula is C15H19BrN2O2. The maximum Gasteiger partial charge on any atom is 0.221 e. The van der Waals surface area contributed by atoms with Crippen molar-refractivity contribution in [3.05, 3.63) is 28.2 Å². The van der Waals surface area contributed by atoms with Crippen LogP contribution >= 0.6 is 15.9 Å². The van der Waals surface area contributed by atoms with Gasteiger partial charge in [-0.2, -0.15) is 5.26 Å². The van der Waals surface area contributed by atoms with Gasteiger partial charge in [-0.3, -0.25) is 4.79 Å². The number of carbonyl (C=O) groups excluding carboxylic acids is 1. The van der Waals surface area contributed by atoms with Gasteiger partial charge in [0.1, 0.15) is 5.75 Å². The number of hydrogen-bond donors (Lipinski definition) is 1. The van der Waals surface area contributed by atoms with E-state index in [1.165, 1.54) is 0 Å². The van der Waals surface area contributed by atoms with Gasteiger partial charge in [0.2, 0.25) is 5.91 Å². The molecule has 0 bridgehead atoms. The second-order valence-electron chi connectivity index (χ2n) is 5.17. The smallest absolute Gasteiger partial charge is 0.221 e. The van der Waals surface area contributed by atoms with Gasteiger partial charge in [0, 0.05) is 24.8 Å². The van der Waals surface area contributed by atoms with Crippen molar-refractivity contribution in [1.29, 1.82) is 5.26 Å². The van der Waals surface area contributed by atoms with Crippen molar-refractivity contribution in [2.45, 2.75) is 32.1 Å². The molecule has 1 N–H and O–H groups in total. The molecule has 0 aliphatic carbocycles. The fraction of sp³-hybridized carbons (Fsp3) is 0.467. The van der Waals surface area contributed by atoms with Crippen LogP contribution in [0.25, 0.3) is 0 Å². The molecule has 108 valence electrons. The summed E-state index contributed by atoms with van der Waals surface area (Å²) in [6.07, 6.45) is 0.499. The van der Waals surface area contributed by atoms with Crippen LogP contribution in [0, 0.1) is 11.3 Å². The zero-order chi connectivity index (χ0) is 15.2. The largest absolute Gasteiger partial charge is 0.496 e. The molecule has 0 atom stereocenters. The number of hydrogen-bond acceptors (Lipinski definition) is 3. The molecule has 0 saturated carbocycles. The van der Waals surface area contributed by atoms with Crippen LogP contribution in [0.3, 0.4) is 0 Å². The lowest BCUT2D eigenvalue weighted by molar-refractivity contribution is -0.121. The zero-order valence-corrected chi connectivity index (χ0v) is 13.6. The number of methoxy groups -OCH3 is 1. The molecule has 1 amide bonds. The average Bonchev–Trinajstić information content (AvgIpc) is 2.42. The third kappa shape index (κ3) is 4.53. The molecule has 20 heavy (non-hydrogen) atoms. The van der Waals surface area contributed by atoms with Crippen LogP contribution in [0.5, 0.6) is 5.75 Å². The van der Waals surface area contributed by atoms with E-state index in [1.54, 1.807) is 7.11 Å². The second kappa shape index (κ2) is 7.30. The Morgan fingerprint density at radius 3 is 2.75 bits per heavy atom. The van der Waals surface area contributed by atoms with Crippen molar-refractivity contribution in [2.75, 3.05) is 13.7 Å². The fourth-order valence-electron chi connectivity index (χ4n) is 1.77. The number of amides is 1. The Hall–Kier alpha value is -1.54. The molecule has 1 aromatic rings. The highest BCUT2D eigenvalue weighted by Crippen LogP contribution is 2.31. The summed E-state index contributed by atoms with van der Waals surface area (Å²) < 4.78 is 6.10. The minimum absolute atomic E-state index is 0.0906. The van der Waals surface area contributed by atoms with E-state index >= 15 is 0 Å². The summed E-state index contributed by atoms with van der Waals surface area (Å²) in [5, 5.41) is 11.3. The topological polar surface area (TPSA) is 62.1 Å². The molecule has 0 aliphatic heterocycles. The number of nitriles is 1. The normalized spacial score (nSPS) is 10.8. The quantitative estimate of drug-likeness (QED) is 0.866. The first-order chi connectivity index (χ1) is 9.40. The molecule has 0 fully saturated rings. The predicted octanol–water partition coefficient (Wildman–Crippen LogP) is 3.16. The summed E-state index contributed by atoms with van der Waals surface area (Å²) in [5.41, 5.74) is 0.905. The van der Waals surface area contributed by atoms with E-state index in [0.29, 0.717) is 6.54 Å². The van der Waals surface area contributed by atoms with Gasteiger partial charge >= 0.3 is 0 Å². The molecule has 0 spiro atoms. The molecule has 1 rings (SSSR count). The van der Waals surface area contributed by atoms with E-state index in [9.17, 15) is 4.79 Å². The standard InChI is InChI=1S/C15H19BrN2O2/c1-15(2,10-18-14(19)5-4-8-17)11-6-7-13(20-3)12(16)9-11/h6-7,9H,4-5,10H2,1-3H3,(H,18,19). The number of carbonyl (C=O) groups is 1. The first-order valence-electron chi connectivity index (χ1n) is 6.38. The predicted molar refractivity (Wildman–Crippen MR) is 81.6 cm³/mol. The van der Waals surface area contributed by atoms with Gasteiger partial charge in [0.15, 0.2) is 0 Å². The lowest BCUT2D eigenvalue weighted by atomic mass is 9.84. The van der Waals surface area contributed by atoms with E-state index in [4.69, 9.17) is 10.00 Å². The van der Waals surface area contributed by atoms with Crippen LogP contribution in [0.4, 0.5) is 0 Å². The molecule has 0 saturated heterocycles. The minimum atomic E-state index is -0.197. The lowest BCUT2D eigenvalue weighted by Crippen LogP contribution is -2.36. The molecule has 0 aromatic heterocycles. The van der Waals surface area contributed by atoms with E-state index in [0.717, 1.165) is 15.8 Å². The summed E-state index contributed by atoms with van der Waals surface area (Å²) in [7, 11) is 1.63. The summed E-state index contributed by atoms with van der Waals surface area (Å²) >= 11 is 3.47. The lowest BCUT2D eigenvalue weighted by Gasteiger charge is -2.26. The van der Waals surface area contributed by atoms with E-state index in [1.807, 2.05) is 24.3 Å². The third-order valence-electron chi connectivity index (χ3n) is 3.12. The van der Waals surface area contributed by atoms with Gasteiger partial charge in [-0.05, 0) is 33.6 Å². The van der Waals surface area contributed by atoms with Crippen molar-refractivity contribution in [2.24, 2.45) is 0 Å². The highest BCUT2D eigenvalue weighted by Gasteiger charge is 2.22. The summed E-state index contributed by atoms with van der Waals surface area (Å²) in [4.78, 5) is 11.6. The van der Waals surface area contributed by atoms with E-state index in [-0.39, 0.29) is 24.2 Å². The minimum Gasteiger partial charge on any atom is -0.496 e. The molecule has 0 heterocycles. The third-order valence-corrected chi connectivity index (χ3v) is 3.74. The van der Waals surface area contributed by atoms with Crippen LogP contribution in [0.15, 0.2) is 22.7 Å². The zero-order valence-electron chi connectivity index (χ0n) is 12.0. The monoisotopic (exact) mass is 338 g/mol. The molecule has 0 aliphatic rings. The summed E-state index contributed by atoms with van der Waals surface area (Å²) in [5.74, 6) is 0.690. The summed E-state index contributed by atoms with van der Waals surface area (Å²) in [6.45, 7) is 4.65. The number of nitrogens with zero attached hydrogens (tertiary/aromatic N) is 1. The summed E-state index contributed by atoms with van der Waals surface area (Å²) in [6, 6.07) is 7.86. The van der Waals surface area contributed by atoms with Gasteiger partial charge < -0.3 is 10.1 Å². The Kier molecular flexibility index (Phi) is 6.03. The van der Waals surface area contributed by atoms with Gasteiger partial charge in [-0.15, -0.1) is 0 Å². The second-order valence-corrected chi connectivity index (χ2v) is 6.02. The van der Waals surface area contributed by atoms with E-state index in [2.05, 4.69) is 35.1 Å². The average molecular weight is 339 g/mol. The molecule has 0 radical (unpaired) electrons. The molecule has 5 heteroatoms. The Morgan fingerprint density at radius 2 is 2.20 bits per heavy atom. The Morgan fingerprint density at radius 1 is 1.50 bits per heavy atom. The highest BCUT2D eigenvalue weighted by molar-refractivity contribution is 9.10. The Bertz CT molecular complexity index is 521. The van der Waals surface area contributed by atoms with Crippen LogP contribution in [0.2, 0.25) is 0 Å². The molecular weight excluding hydrogens is 320 g/mol. The number of rotatable bonds is 6. The molecule has 1 aromatic carbocycles. The maximum absolute atomic E-state index is 11.6. The van der Waals surface area contributed by atoms with Gasteiger partial charge in [0.05, 0.1) is 17.7 Å². The van der Waals surface area contributed by atoms with Gasteiger partial charge in [-0.1, -0.05) is 19.9 Å². The fourth-order valence-corrected chi connectivity index (χ4v) is 2.31. The van der Waals surface area contributed by atoms with Gasteiger partial charge in [-0.25, -0.2) is 0 Å². The SMILES string of the molecule is COc1ccc(C(C)(C)CNC(=O)CCC#N)cc1Br. The first-order valence-corrected chi connectivity index (χ1v) is 7.17. The highest BCUT2D eigenvalue weighted by atomic mass is 79.9. The number of benzene rings is 1. The molecule has 4 nitrogen and oxygen atoms in total. The van der Waals surface area contributed by atoms with E-state index < -0.39 is 0 Å². The van der Waals surface area contributed by atoms with Crippen molar-refractivity contribution < 1.29 is 9.53 Å². The number of nitrogens with one attached hydrogen (secondary N) is 1. The molecule has 0 unspecified atom stereocenters. The maximum atomic E-state index is 11.6. The number of ether oxygens (including phenoxy) is 1. The van der Waals surface area contributed by atoms with Gasteiger partial charge in [0.25, 0.3) is 0 Å². The van der Waals surface area contributed by atoms with Crippen molar-refractivity contribution in [1.82, 2.24) is 5.32 Å². The van der Waals surface area contributed by atoms with Crippen LogP contribution in [-0.4, -0.2) is 19.6 Å². The van der Waals surface area contributed by atoms with Crippen molar-refractivity contribution >= 4 is 21.8 Å².